The highest BCUT2D eigenvalue weighted by Crippen LogP contribution is 2.24. The van der Waals surface area contributed by atoms with Gasteiger partial charge in [0.05, 0.1) is 11.1 Å². The molecule has 9 heteroatoms. The number of amides is 2. The van der Waals surface area contributed by atoms with Gasteiger partial charge in [-0.05, 0) is 37.4 Å². The summed E-state index contributed by atoms with van der Waals surface area (Å²) in [5.74, 6) is -0.757. The zero-order valence-corrected chi connectivity index (χ0v) is 15.7. The first-order chi connectivity index (χ1) is 13.0. The average molecular weight is 384 g/mol. The third kappa shape index (κ3) is 3.51. The van der Waals surface area contributed by atoms with Gasteiger partial charge in [0.15, 0.2) is 0 Å². The van der Waals surface area contributed by atoms with E-state index in [0.717, 1.165) is 37.3 Å². The van der Waals surface area contributed by atoms with Crippen molar-refractivity contribution >= 4 is 39.1 Å². The molecule has 0 bridgehead atoms. The summed E-state index contributed by atoms with van der Waals surface area (Å²) in [6, 6.07) is 9.23. The molecule has 1 aromatic carbocycles. The van der Waals surface area contributed by atoms with Crippen molar-refractivity contribution in [3.8, 4) is 0 Å². The van der Waals surface area contributed by atoms with Crippen LogP contribution in [0.2, 0.25) is 0 Å². The molecule has 8 nitrogen and oxygen atoms in total. The van der Waals surface area contributed by atoms with Crippen LogP contribution < -0.4 is 16.1 Å². The van der Waals surface area contributed by atoms with Gasteiger partial charge in [-0.3, -0.25) is 9.59 Å². The third-order valence-electron chi connectivity index (χ3n) is 4.69. The Morgan fingerprint density at radius 1 is 1.15 bits per heavy atom. The Morgan fingerprint density at radius 2 is 1.85 bits per heavy atom. The zero-order chi connectivity index (χ0) is 19.0. The lowest BCUT2D eigenvalue weighted by atomic mass is 10.1. The van der Waals surface area contributed by atoms with Crippen LogP contribution in [0.1, 0.15) is 20.0 Å². The van der Waals surface area contributed by atoms with E-state index in [2.05, 4.69) is 27.4 Å². The molecule has 1 saturated heterocycles. The summed E-state index contributed by atoms with van der Waals surface area (Å²) in [5.41, 5.74) is 9.71. The van der Waals surface area contributed by atoms with Crippen LogP contribution in [0.3, 0.4) is 0 Å². The Bertz CT molecular complexity index is 985. The van der Waals surface area contributed by atoms with Crippen molar-refractivity contribution in [1.82, 2.24) is 14.8 Å². The smallest absolute Gasteiger partial charge is 0.271 e. The normalized spacial score (nSPS) is 15.2. The largest absolute Gasteiger partial charge is 0.369 e. The summed E-state index contributed by atoms with van der Waals surface area (Å²) >= 11 is 1.20. The van der Waals surface area contributed by atoms with Crippen LogP contribution in [0.5, 0.6) is 0 Å². The van der Waals surface area contributed by atoms with E-state index in [1.165, 1.54) is 16.1 Å². The zero-order valence-electron chi connectivity index (χ0n) is 14.9. The van der Waals surface area contributed by atoms with E-state index in [4.69, 9.17) is 5.73 Å². The van der Waals surface area contributed by atoms with Crippen molar-refractivity contribution in [2.75, 3.05) is 43.6 Å². The molecule has 2 amide bonds. The number of anilines is 1. The maximum Gasteiger partial charge on any atom is 0.271 e. The molecule has 140 valence electrons. The van der Waals surface area contributed by atoms with E-state index in [9.17, 15) is 9.59 Å². The summed E-state index contributed by atoms with van der Waals surface area (Å²) in [6.07, 6.45) is 1.59. The third-order valence-corrected chi connectivity index (χ3v) is 5.83. The summed E-state index contributed by atoms with van der Waals surface area (Å²) in [4.78, 5) is 31.0. The minimum absolute atomic E-state index is 0.265. The van der Waals surface area contributed by atoms with E-state index < -0.39 is 5.91 Å². The number of carbonyl (C=O) groups excluding carboxylic acids is 2. The lowest BCUT2D eigenvalue weighted by Crippen LogP contribution is -2.44. The van der Waals surface area contributed by atoms with Gasteiger partial charge >= 0.3 is 0 Å². The van der Waals surface area contributed by atoms with Crippen molar-refractivity contribution in [3.05, 3.63) is 47.0 Å². The van der Waals surface area contributed by atoms with E-state index in [1.807, 2.05) is 24.3 Å². The molecule has 0 aliphatic carbocycles. The van der Waals surface area contributed by atoms with Gasteiger partial charge in [-0.25, -0.2) is 5.43 Å². The number of nitrogens with one attached hydrogen (secondary N) is 1. The molecular formula is C18H20N6O2S. The molecule has 1 aliphatic rings. The van der Waals surface area contributed by atoms with Crippen LogP contribution in [0.25, 0.3) is 10.2 Å². The number of hydrogen-bond donors (Lipinski definition) is 2. The number of carbonyl (C=O) groups is 2. The number of nitrogens with two attached hydrogens (primary N) is 1. The molecule has 2 aromatic heterocycles. The van der Waals surface area contributed by atoms with Crippen LogP contribution in [0, 0.1) is 0 Å². The Balaban J connectivity index is 1.47. The molecule has 0 radical (unpaired) electrons. The second-order valence-corrected chi connectivity index (χ2v) is 7.60. The van der Waals surface area contributed by atoms with Crippen LogP contribution in [0.15, 0.2) is 36.5 Å². The Morgan fingerprint density at radius 3 is 2.52 bits per heavy atom. The summed E-state index contributed by atoms with van der Waals surface area (Å²) in [5, 5.41) is 4.91. The Kier molecular flexibility index (Phi) is 4.54. The fraction of sp³-hybridized carbons (Fsp3) is 0.278. The fourth-order valence-corrected chi connectivity index (χ4v) is 3.98. The van der Waals surface area contributed by atoms with Gasteiger partial charge in [0.1, 0.15) is 4.83 Å². The first-order valence-electron chi connectivity index (χ1n) is 8.63. The molecular weight excluding hydrogens is 364 g/mol. The van der Waals surface area contributed by atoms with Gasteiger partial charge < -0.3 is 15.5 Å². The maximum atomic E-state index is 12.5. The van der Waals surface area contributed by atoms with Gasteiger partial charge in [0.2, 0.25) is 0 Å². The first kappa shape index (κ1) is 17.5. The number of rotatable bonds is 4. The number of aromatic nitrogens is 2. The number of likely N-dealkylation sites (N-methyl/N-ethyl adjacent to an activating group) is 1. The number of fused-ring (bicyclic) bond motifs is 1. The van der Waals surface area contributed by atoms with Crippen molar-refractivity contribution in [3.63, 3.8) is 0 Å². The van der Waals surface area contributed by atoms with Gasteiger partial charge in [-0.1, -0.05) is 0 Å². The molecule has 27 heavy (non-hydrogen) atoms. The van der Waals surface area contributed by atoms with Crippen molar-refractivity contribution in [2.45, 2.75) is 0 Å². The SMILES string of the molecule is CN1CCN(c2ccc(C(=O)Nn3ncc4cc(C(N)=O)sc43)cc2)CC1. The lowest BCUT2D eigenvalue weighted by molar-refractivity contribution is 0.0997. The minimum Gasteiger partial charge on any atom is -0.369 e. The monoisotopic (exact) mass is 384 g/mol. The molecule has 0 spiro atoms. The van der Waals surface area contributed by atoms with E-state index in [-0.39, 0.29) is 5.91 Å². The summed E-state index contributed by atoms with van der Waals surface area (Å²) in [7, 11) is 2.12. The molecule has 0 atom stereocenters. The number of piperazine rings is 1. The van der Waals surface area contributed by atoms with Crippen LogP contribution in [-0.4, -0.2) is 59.8 Å². The average Bonchev–Trinajstić information content (AvgIpc) is 3.25. The molecule has 4 rings (SSSR count). The van der Waals surface area contributed by atoms with Gasteiger partial charge in [-0.15, -0.1) is 11.3 Å². The number of benzene rings is 1. The van der Waals surface area contributed by atoms with Gasteiger partial charge in [0, 0.05) is 42.8 Å². The van der Waals surface area contributed by atoms with E-state index in [0.29, 0.717) is 15.3 Å². The number of nitrogens with zero attached hydrogens (tertiary/aromatic N) is 4. The van der Waals surface area contributed by atoms with Crippen LogP contribution in [0.4, 0.5) is 5.69 Å². The highest BCUT2D eigenvalue weighted by molar-refractivity contribution is 7.20. The van der Waals surface area contributed by atoms with E-state index >= 15 is 0 Å². The van der Waals surface area contributed by atoms with Crippen molar-refractivity contribution < 1.29 is 9.59 Å². The molecule has 0 unspecified atom stereocenters. The summed E-state index contributed by atoms with van der Waals surface area (Å²) in [6.45, 7) is 4.03. The number of thiophene rings is 1. The second-order valence-electron chi connectivity index (χ2n) is 6.57. The Hall–Kier alpha value is -2.91. The molecule has 0 saturated carbocycles. The first-order valence-corrected chi connectivity index (χ1v) is 9.45. The maximum absolute atomic E-state index is 12.5. The van der Waals surface area contributed by atoms with E-state index in [1.54, 1.807) is 12.3 Å². The molecule has 1 aliphatic heterocycles. The Labute approximate surface area is 160 Å². The second kappa shape index (κ2) is 7.01. The molecule has 1 fully saturated rings. The van der Waals surface area contributed by atoms with Crippen LogP contribution in [-0.2, 0) is 0 Å². The number of primary amides is 1. The van der Waals surface area contributed by atoms with Gasteiger partial charge in [0.25, 0.3) is 11.8 Å². The predicted molar refractivity (Wildman–Crippen MR) is 106 cm³/mol. The highest BCUT2D eigenvalue weighted by atomic mass is 32.1. The van der Waals surface area contributed by atoms with Gasteiger partial charge in [-0.2, -0.15) is 9.89 Å². The van der Waals surface area contributed by atoms with Crippen molar-refractivity contribution in [2.24, 2.45) is 5.73 Å². The fourth-order valence-electron chi connectivity index (χ4n) is 3.08. The summed E-state index contributed by atoms with van der Waals surface area (Å²) < 4.78 is 0. The van der Waals surface area contributed by atoms with Crippen LogP contribution >= 0.6 is 11.3 Å². The quantitative estimate of drug-likeness (QED) is 0.707. The standard InChI is InChI=1S/C18H20N6O2S/c1-22-6-8-23(9-7-22)14-4-2-12(3-5-14)17(26)21-24-18-13(11-20-24)10-15(27-18)16(19)25/h2-5,10-11H,6-9H2,1H3,(H2,19,25)(H,21,26). The molecule has 3 N–H and O–H groups in total. The molecule has 3 aromatic rings. The number of hydrogen-bond acceptors (Lipinski definition) is 6. The van der Waals surface area contributed by atoms with Crippen molar-refractivity contribution in [1.29, 1.82) is 0 Å². The predicted octanol–water partition coefficient (Wildman–Crippen LogP) is 1.33. The minimum atomic E-state index is -0.492. The molecule has 3 heterocycles. The highest BCUT2D eigenvalue weighted by Gasteiger charge is 2.16. The lowest BCUT2D eigenvalue weighted by Gasteiger charge is -2.34. The topological polar surface area (TPSA) is 96.5 Å².